The maximum Gasteiger partial charge on any atom is 0.420 e. The number of pyridine rings is 1. The van der Waals surface area contributed by atoms with Crippen LogP contribution in [0.1, 0.15) is 88.2 Å². The third kappa shape index (κ3) is 10.3. The lowest BCUT2D eigenvalue weighted by Gasteiger charge is -2.35. The molecule has 3 aromatic heterocycles. The highest BCUT2D eigenvalue weighted by Gasteiger charge is 2.52. The summed E-state index contributed by atoms with van der Waals surface area (Å²) in [5.41, 5.74) is -0.105. The monoisotopic (exact) mass is 976 g/mol. The van der Waals surface area contributed by atoms with Gasteiger partial charge in [0.05, 0.1) is 69.3 Å². The summed E-state index contributed by atoms with van der Waals surface area (Å²) < 4.78 is 68.3. The minimum Gasteiger partial charge on any atom is -0.494 e. The van der Waals surface area contributed by atoms with Gasteiger partial charge in [-0.15, -0.1) is 22.7 Å². The van der Waals surface area contributed by atoms with Crippen molar-refractivity contribution in [3.8, 4) is 33.6 Å². The van der Waals surface area contributed by atoms with E-state index in [-0.39, 0.29) is 29.6 Å². The number of aryl methyl sites for hydroxylation is 1. The number of alkyl halides is 3. The van der Waals surface area contributed by atoms with Crippen LogP contribution in [0.5, 0.6) is 5.75 Å². The molecule has 0 spiro atoms. The number of anilines is 2. The molecule has 7 rings (SSSR count). The lowest BCUT2D eigenvalue weighted by Crippen LogP contribution is -2.55. The van der Waals surface area contributed by atoms with Crippen LogP contribution in [0, 0.1) is 29.5 Å². The van der Waals surface area contributed by atoms with Crippen molar-refractivity contribution in [1.82, 2.24) is 25.2 Å². The molecule has 0 bridgehead atoms. The van der Waals surface area contributed by atoms with E-state index >= 15 is 4.39 Å². The first-order valence-electron chi connectivity index (χ1n) is 21.4. The maximum absolute atomic E-state index is 15.4. The molecule has 3 amide bonds. The summed E-state index contributed by atoms with van der Waals surface area (Å²) in [6.07, 6.45) is -0.785. The Morgan fingerprint density at radius 1 is 1.03 bits per heavy atom. The third-order valence-electron chi connectivity index (χ3n) is 11.5. The molecule has 5 aromatic rings. The number of nitrogens with one attached hydrogen (secondary N) is 1. The highest BCUT2D eigenvalue weighted by atomic mass is 32.1. The number of likely N-dealkylation sites (tertiary alicyclic amines) is 1. The Morgan fingerprint density at radius 3 is 2.40 bits per heavy atom. The molecule has 0 saturated carbocycles. The van der Waals surface area contributed by atoms with Crippen LogP contribution in [0.15, 0.2) is 65.6 Å². The second-order valence-corrected chi connectivity index (χ2v) is 19.8. The van der Waals surface area contributed by atoms with E-state index in [9.17, 15) is 32.8 Å². The number of hydrogen-bond donors (Lipinski definition) is 1. The second kappa shape index (κ2) is 19.8. The number of benzene rings is 2. The van der Waals surface area contributed by atoms with Crippen LogP contribution < -0.4 is 19.9 Å². The molecule has 5 heterocycles. The summed E-state index contributed by atoms with van der Waals surface area (Å²) in [6, 6.07) is 12.7. The van der Waals surface area contributed by atoms with Crippen LogP contribution in [0.2, 0.25) is 0 Å². The number of hydrogen-bond acceptors (Lipinski definition) is 12. The van der Waals surface area contributed by atoms with Crippen molar-refractivity contribution in [2.75, 3.05) is 36.2 Å². The number of aromatic nitrogens is 3. The third-order valence-corrected chi connectivity index (χ3v) is 13.8. The number of halogens is 4. The molecule has 2 fully saturated rings. The number of amides is 3. The first kappa shape index (κ1) is 49.0. The average Bonchev–Trinajstić information content (AvgIpc) is 4.09. The molecule has 2 saturated heterocycles. The summed E-state index contributed by atoms with van der Waals surface area (Å²) in [7, 11) is 0. The van der Waals surface area contributed by atoms with Crippen LogP contribution in [0.25, 0.3) is 21.8 Å². The zero-order valence-electron chi connectivity index (χ0n) is 37.6. The van der Waals surface area contributed by atoms with Crippen molar-refractivity contribution in [3.05, 3.63) is 93.3 Å². The highest BCUT2D eigenvalue weighted by Crippen LogP contribution is 2.43. The Hall–Kier alpha value is -5.88. The molecular formula is C47H48F4N8O5S3. The Balaban J connectivity index is 0.864. The maximum atomic E-state index is 15.4. The molecule has 2 unspecified atom stereocenters. The fourth-order valence-electron chi connectivity index (χ4n) is 8.02. The number of carbonyl (C=O) groups excluding carboxylic acids is 3. The van der Waals surface area contributed by atoms with Crippen LogP contribution >= 0.6 is 34.9 Å². The van der Waals surface area contributed by atoms with Crippen LogP contribution in [0.4, 0.5) is 28.9 Å². The van der Waals surface area contributed by atoms with Gasteiger partial charge in [-0.2, -0.15) is 18.4 Å². The predicted molar refractivity (Wildman–Crippen MR) is 251 cm³/mol. The molecule has 2 atom stereocenters. The zero-order chi connectivity index (χ0) is 48.4. The summed E-state index contributed by atoms with van der Waals surface area (Å²) in [5, 5.41) is 14.8. The molecule has 2 aliphatic heterocycles. The highest BCUT2D eigenvalue weighted by molar-refractivity contribution is 7.81. The van der Waals surface area contributed by atoms with Gasteiger partial charge in [0.15, 0.2) is 10.9 Å². The molecule has 0 aliphatic carbocycles. The molecular weight excluding hydrogens is 929 g/mol. The smallest absolute Gasteiger partial charge is 0.420 e. The molecule has 67 heavy (non-hydrogen) atoms. The number of ether oxygens (including phenoxy) is 2. The first-order valence-corrected chi connectivity index (χ1v) is 23.6. The van der Waals surface area contributed by atoms with Crippen molar-refractivity contribution in [2.24, 2.45) is 5.41 Å². The van der Waals surface area contributed by atoms with Gasteiger partial charge >= 0.3 is 6.18 Å². The van der Waals surface area contributed by atoms with Crippen molar-refractivity contribution in [2.45, 2.75) is 91.0 Å². The van der Waals surface area contributed by atoms with Crippen molar-refractivity contribution in [1.29, 1.82) is 5.26 Å². The lowest BCUT2D eigenvalue weighted by atomic mass is 9.85. The topological polar surface area (TPSA) is 154 Å². The van der Waals surface area contributed by atoms with Crippen LogP contribution in [0.3, 0.4) is 0 Å². The van der Waals surface area contributed by atoms with E-state index in [4.69, 9.17) is 26.7 Å². The minimum absolute atomic E-state index is 0.133. The number of nitriles is 1. The minimum atomic E-state index is -5.19. The average molecular weight is 977 g/mol. The Bertz CT molecular complexity index is 2690. The van der Waals surface area contributed by atoms with Gasteiger partial charge in [-0.05, 0) is 113 Å². The second-order valence-electron chi connectivity index (χ2n) is 17.7. The largest absolute Gasteiger partial charge is 0.494 e. The standard InChI is InChI=1S/C47H48F4N8O5S3/c1-27-39(67-26-54-27)33-25-66-41(55-33)35-10-9-19-57(35)42(61)40(45(2,3)4)56-36(60)24-63-20-7-8-21-64-31-15-11-28(12-16-31)32-17-14-30(23-53-32)59-44(65)58(43(62)46(59,5)6)34-18-13-29(22-52)37(38(34)48)47(49,50)51/h11-18,23,25-26,35,40H,7-10,19-21,24H2,1-6H3,(H,56,60). The molecule has 13 nitrogen and oxygen atoms in total. The number of carbonyl (C=O) groups is 3. The number of thiocarbonyl (C=S) groups is 1. The summed E-state index contributed by atoms with van der Waals surface area (Å²) in [6.45, 7) is 11.9. The first-order chi connectivity index (χ1) is 31.7. The van der Waals surface area contributed by atoms with Crippen molar-refractivity contribution < 1.29 is 41.4 Å². The van der Waals surface area contributed by atoms with Gasteiger partial charge in [0.25, 0.3) is 5.91 Å². The van der Waals surface area contributed by atoms with Crippen molar-refractivity contribution >= 4 is 69.1 Å². The molecule has 2 aromatic carbocycles. The number of thiazole rings is 2. The van der Waals surface area contributed by atoms with E-state index in [1.54, 1.807) is 52.4 Å². The normalized spacial score (nSPS) is 16.7. The summed E-state index contributed by atoms with van der Waals surface area (Å²) >= 11 is 8.62. The van der Waals surface area contributed by atoms with Gasteiger partial charge < -0.3 is 24.6 Å². The number of nitrogens with zero attached hydrogens (tertiary/aromatic N) is 7. The fourth-order valence-corrected chi connectivity index (χ4v) is 10.3. The summed E-state index contributed by atoms with van der Waals surface area (Å²) in [4.78, 5) is 59.4. The van der Waals surface area contributed by atoms with Gasteiger partial charge in [0, 0.05) is 24.1 Å². The molecule has 2 aliphatic rings. The Labute approximate surface area is 398 Å². The Kier molecular flexibility index (Phi) is 14.5. The van der Waals surface area contributed by atoms with Crippen LogP contribution in [-0.2, 0) is 25.3 Å². The Morgan fingerprint density at radius 2 is 1.76 bits per heavy atom. The quantitative estimate of drug-likeness (QED) is 0.0606. The van der Waals surface area contributed by atoms with Gasteiger partial charge in [0.1, 0.15) is 34.5 Å². The van der Waals surface area contributed by atoms with Crippen molar-refractivity contribution in [3.63, 3.8) is 0 Å². The molecule has 20 heteroatoms. The van der Waals surface area contributed by atoms with Gasteiger partial charge in [0.2, 0.25) is 11.8 Å². The van der Waals surface area contributed by atoms with E-state index in [1.165, 1.54) is 31.0 Å². The SMILES string of the molecule is Cc1ncsc1-c1csc(C2CCCN2C(=O)C(NC(=O)COCCCCOc2ccc(-c3ccc(N4C(=S)N(c5ccc(C#N)c(C(F)(F)F)c5F)C(=O)C4(C)C)cn3)cc2)C(C)(C)C)n1. The number of unbranched alkanes of at least 4 members (excludes halogenated alkanes) is 1. The fraction of sp³-hybridized carbons (Fsp3) is 0.404. The van der Waals surface area contributed by atoms with Crippen LogP contribution in [-0.4, -0.2) is 80.6 Å². The predicted octanol–water partition coefficient (Wildman–Crippen LogP) is 9.65. The van der Waals surface area contributed by atoms with E-state index in [0.29, 0.717) is 54.6 Å². The lowest BCUT2D eigenvalue weighted by molar-refractivity contribution is -0.141. The van der Waals surface area contributed by atoms with Gasteiger partial charge in [-0.3, -0.25) is 24.3 Å². The van der Waals surface area contributed by atoms with E-state index < -0.39 is 51.7 Å². The van der Waals surface area contributed by atoms with E-state index in [0.717, 1.165) is 51.8 Å². The molecule has 352 valence electrons. The molecule has 0 radical (unpaired) electrons. The van der Waals surface area contributed by atoms with Gasteiger partial charge in [-0.1, -0.05) is 20.8 Å². The summed E-state index contributed by atoms with van der Waals surface area (Å²) in [5.74, 6) is -2.42. The van der Waals surface area contributed by atoms with E-state index in [1.807, 2.05) is 50.1 Å². The van der Waals surface area contributed by atoms with Gasteiger partial charge in [-0.25, -0.2) is 14.4 Å². The molecule has 1 N–H and O–H groups in total. The zero-order valence-corrected chi connectivity index (χ0v) is 40.0. The number of rotatable bonds is 15. The van der Waals surface area contributed by atoms with E-state index in [2.05, 4.69) is 15.3 Å².